The Morgan fingerprint density at radius 2 is 2.18 bits per heavy atom. The molecular formula is C13H22N4. The molecule has 4 nitrogen and oxygen atoms in total. The Labute approximate surface area is 103 Å². The van der Waals surface area contributed by atoms with Gasteiger partial charge in [0.1, 0.15) is 18.0 Å². The zero-order chi connectivity index (χ0) is 12.3. The number of anilines is 2. The van der Waals surface area contributed by atoms with Crippen molar-refractivity contribution in [1.29, 1.82) is 0 Å². The highest BCUT2D eigenvalue weighted by Crippen LogP contribution is 2.27. The minimum atomic E-state index is 0.602. The molecule has 94 valence electrons. The molecular weight excluding hydrogens is 212 g/mol. The van der Waals surface area contributed by atoms with Gasteiger partial charge in [0, 0.05) is 18.2 Å². The van der Waals surface area contributed by atoms with Crippen molar-refractivity contribution in [2.45, 2.75) is 52.0 Å². The molecule has 0 radical (unpaired) electrons. The molecule has 0 aromatic carbocycles. The van der Waals surface area contributed by atoms with Gasteiger partial charge in [-0.1, -0.05) is 19.8 Å². The van der Waals surface area contributed by atoms with Gasteiger partial charge in [-0.15, -0.1) is 0 Å². The van der Waals surface area contributed by atoms with E-state index in [0.29, 0.717) is 11.9 Å². The molecule has 1 unspecified atom stereocenters. The van der Waals surface area contributed by atoms with Gasteiger partial charge in [0.25, 0.3) is 0 Å². The van der Waals surface area contributed by atoms with Crippen LogP contribution in [0.25, 0.3) is 0 Å². The summed E-state index contributed by atoms with van der Waals surface area (Å²) in [5.74, 6) is 1.64. The molecule has 1 saturated heterocycles. The molecule has 0 bridgehead atoms. The smallest absolute Gasteiger partial charge is 0.137 e. The van der Waals surface area contributed by atoms with Crippen LogP contribution in [-0.4, -0.2) is 22.6 Å². The zero-order valence-corrected chi connectivity index (χ0v) is 10.8. The Balaban J connectivity index is 2.31. The highest BCUT2D eigenvalue weighted by molar-refractivity contribution is 5.56. The van der Waals surface area contributed by atoms with E-state index in [1.54, 1.807) is 6.33 Å². The second kappa shape index (κ2) is 5.34. The lowest BCUT2D eigenvalue weighted by atomic mass is 10.1. The van der Waals surface area contributed by atoms with Crippen LogP contribution in [0.5, 0.6) is 0 Å². The zero-order valence-electron chi connectivity index (χ0n) is 10.8. The Morgan fingerprint density at radius 1 is 1.35 bits per heavy atom. The Bertz CT molecular complexity index is 378. The van der Waals surface area contributed by atoms with E-state index in [1.165, 1.54) is 32.1 Å². The van der Waals surface area contributed by atoms with Gasteiger partial charge in [-0.3, -0.25) is 0 Å². The van der Waals surface area contributed by atoms with Crippen LogP contribution < -0.4 is 10.6 Å². The van der Waals surface area contributed by atoms with Crippen LogP contribution in [0.15, 0.2) is 6.33 Å². The van der Waals surface area contributed by atoms with E-state index < -0.39 is 0 Å². The fourth-order valence-electron chi connectivity index (χ4n) is 2.62. The van der Waals surface area contributed by atoms with Crippen LogP contribution in [0.2, 0.25) is 0 Å². The van der Waals surface area contributed by atoms with Crippen LogP contribution in [0.4, 0.5) is 11.6 Å². The van der Waals surface area contributed by atoms with Crippen molar-refractivity contribution in [1.82, 2.24) is 9.97 Å². The first-order chi connectivity index (χ1) is 8.24. The lowest BCUT2D eigenvalue weighted by Crippen LogP contribution is -2.35. The van der Waals surface area contributed by atoms with Gasteiger partial charge in [0.2, 0.25) is 0 Å². The van der Waals surface area contributed by atoms with Crippen molar-refractivity contribution in [2.75, 3.05) is 17.2 Å². The molecule has 2 heterocycles. The molecule has 1 aromatic heterocycles. The molecule has 1 atom stereocenters. The summed E-state index contributed by atoms with van der Waals surface area (Å²) in [7, 11) is 0. The average molecular weight is 234 g/mol. The Morgan fingerprint density at radius 3 is 2.94 bits per heavy atom. The third-order valence-electron chi connectivity index (χ3n) is 3.72. The minimum absolute atomic E-state index is 0.602. The lowest BCUT2D eigenvalue weighted by molar-refractivity contribution is 0.551. The largest absolute Gasteiger partial charge is 0.383 e. The molecule has 17 heavy (non-hydrogen) atoms. The average Bonchev–Trinajstić information content (AvgIpc) is 2.57. The molecule has 1 aliphatic heterocycles. The molecule has 1 fully saturated rings. The third-order valence-corrected chi connectivity index (χ3v) is 3.72. The second-order valence-electron chi connectivity index (χ2n) is 4.81. The summed E-state index contributed by atoms with van der Waals surface area (Å²) in [5, 5.41) is 0. The summed E-state index contributed by atoms with van der Waals surface area (Å²) in [6, 6.07) is 0.602. The molecule has 1 aromatic rings. The van der Waals surface area contributed by atoms with Crippen molar-refractivity contribution < 1.29 is 0 Å². The van der Waals surface area contributed by atoms with Gasteiger partial charge in [-0.2, -0.15) is 0 Å². The number of nitrogen functional groups attached to an aromatic ring is 1. The lowest BCUT2D eigenvalue weighted by Gasteiger charge is -2.31. The fraction of sp³-hybridized carbons (Fsp3) is 0.692. The Hall–Kier alpha value is -1.32. The summed E-state index contributed by atoms with van der Waals surface area (Å²) in [6.45, 7) is 5.36. The summed E-state index contributed by atoms with van der Waals surface area (Å²) in [5.41, 5.74) is 6.90. The van der Waals surface area contributed by atoms with E-state index in [2.05, 4.69) is 21.8 Å². The minimum Gasteiger partial charge on any atom is -0.383 e. The number of hydrogen-bond acceptors (Lipinski definition) is 4. The summed E-state index contributed by atoms with van der Waals surface area (Å²) >= 11 is 0. The second-order valence-corrected chi connectivity index (χ2v) is 4.81. The van der Waals surface area contributed by atoms with E-state index in [4.69, 9.17) is 5.73 Å². The van der Waals surface area contributed by atoms with E-state index in [1.807, 2.05) is 6.92 Å². The van der Waals surface area contributed by atoms with Crippen LogP contribution in [-0.2, 0) is 0 Å². The van der Waals surface area contributed by atoms with Crippen LogP contribution in [0.3, 0.4) is 0 Å². The van der Waals surface area contributed by atoms with Crippen molar-refractivity contribution >= 4 is 11.6 Å². The van der Waals surface area contributed by atoms with Gasteiger partial charge in [-0.05, 0) is 26.2 Å². The fourth-order valence-corrected chi connectivity index (χ4v) is 2.62. The maximum atomic E-state index is 5.88. The highest BCUT2D eigenvalue weighted by atomic mass is 15.2. The van der Waals surface area contributed by atoms with Gasteiger partial charge in [0.15, 0.2) is 0 Å². The quantitative estimate of drug-likeness (QED) is 0.854. The molecule has 1 aliphatic rings. The topological polar surface area (TPSA) is 55.0 Å². The third kappa shape index (κ3) is 2.51. The predicted octanol–water partition coefficient (Wildman–Crippen LogP) is 2.53. The van der Waals surface area contributed by atoms with Crippen molar-refractivity contribution in [3.63, 3.8) is 0 Å². The van der Waals surface area contributed by atoms with E-state index >= 15 is 0 Å². The molecule has 0 aliphatic carbocycles. The number of nitrogens with zero attached hydrogens (tertiary/aromatic N) is 3. The van der Waals surface area contributed by atoms with Crippen molar-refractivity contribution in [2.24, 2.45) is 0 Å². The monoisotopic (exact) mass is 234 g/mol. The van der Waals surface area contributed by atoms with Gasteiger partial charge < -0.3 is 10.6 Å². The first kappa shape index (κ1) is 12.1. The standard InChI is InChI=1S/C13H22N4/c1-3-11-7-5-4-6-8-17(11)13-10(2)12(14)15-9-16-13/h9,11H,3-8H2,1-2H3,(H2,14,15,16). The normalized spacial score (nSPS) is 21.3. The predicted molar refractivity (Wildman–Crippen MR) is 71.1 cm³/mol. The van der Waals surface area contributed by atoms with Crippen LogP contribution in [0.1, 0.15) is 44.6 Å². The first-order valence-electron chi connectivity index (χ1n) is 6.57. The Kier molecular flexibility index (Phi) is 3.82. The molecule has 2 N–H and O–H groups in total. The maximum absolute atomic E-state index is 5.88. The maximum Gasteiger partial charge on any atom is 0.137 e. The molecule has 2 rings (SSSR count). The van der Waals surface area contributed by atoms with E-state index in [9.17, 15) is 0 Å². The molecule has 0 amide bonds. The number of nitrogens with two attached hydrogens (primary N) is 1. The van der Waals surface area contributed by atoms with Crippen molar-refractivity contribution in [3.8, 4) is 0 Å². The van der Waals surface area contributed by atoms with E-state index in [-0.39, 0.29) is 0 Å². The highest BCUT2D eigenvalue weighted by Gasteiger charge is 2.22. The number of rotatable bonds is 2. The molecule has 0 saturated carbocycles. The van der Waals surface area contributed by atoms with Crippen LogP contribution >= 0.6 is 0 Å². The number of hydrogen-bond donors (Lipinski definition) is 1. The summed E-state index contributed by atoms with van der Waals surface area (Å²) in [6.07, 6.45) is 7.92. The first-order valence-corrected chi connectivity index (χ1v) is 6.57. The van der Waals surface area contributed by atoms with Crippen molar-refractivity contribution in [3.05, 3.63) is 11.9 Å². The van der Waals surface area contributed by atoms with Crippen LogP contribution in [0, 0.1) is 6.92 Å². The molecule has 4 heteroatoms. The van der Waals surface area contributed by atoms with Gasteiger partial charge in [0.05, 0.1) is 0 Å². The van der Waals surface area contributed by atoms with Gasteiger partial charge >= 0.3 is 0 Å². The SMILES string of the molecule is CCC1CCCCCN1c1ncnc(N)c1C. The summed E-state index contributed by atoms with van der Waals surface area (Å²) < 4.78 is 0. The van der Waals surface area contributed by atoms with E-state index in [0.717, 1.165) is 17.9 Å². The van der Waals surface area contributed by atoms with Gasteiger partial charge in [-0.25, -0.2) is 9.97 Å². The number of aromatic nitrogens is 2. The summed E-state index contributed by atoms with van der Waals surface area (Å²) in [4.78, 5) is 10.9. The molecule has 0 spiro atoms.